The molecule has 0 saturated carbocycles. The van der Waals surface area contributed by atoms with Crippen molar-refractivity contribution < 1.29 is 9.53 Å². The number of nitrogens with zero attached hydrogens (tertiary/aromatic N) is 1. The van der Waals surface area contributed by atoms with Gasteiger partial charge in [-0.2, -0.15) is 0 Å². The maximum absolute atomic E-state index is 12.1. The first kappa shape index (κ1) is 15.0. The van der Waals surface area contributed by atoms with Crippen LogP contribution in [0, 0.1) is 12.8 Å². The van der Waals surface area contributed by atoms with Gasteiger partial charge in [0, 0.05) is 41.3 Å². The first-order valence-corrected chi connectivity index (χ1v) is 8.35. The lowest BCUT2D eigenvalue weighted by molar-refractivity contribution is -0.125. The molecule has 2 aromatic rings. The molecule has 0 aliphatic carbocycles. The molecule has 3 heterocycles. The summed E-state index contributed by atoms with van der Waals surface area (Å²) in [7, 11) is 0. The van der Waals surface area contributed by atoms with Crippen LogP contribution in [0.25, 0.3) is 10.9 Å². The van der Waals surface area contributed by atoms with Crippen LogP contribution in [0.15, 0.2) is 18.2 Å². The molecule has 2 N–H and O–H groups in total. The number of H-pyrrole nitrogens is 1. The van der Waals surface area contributed by atoms with Gasteiger partial charge < -0.3 is 15.0 Å². The summed E-state index contributed by atoms with van der Waals surface area (Å²) in [6.45, 7) is 5.59. The van der Waals surface area contributed by atoms with Gasteiger partial charge in [0.25, 0.3) is 0 Å². The number of halogens is 1. The topological polar surface area (TPSA) is 57.4 Å². The van der Waals surface area contributed by atoms with Crippen LogP contribution < -0.4 is 5.32 Å². The van der Waals surface area contributed by atoms with Gasteiger partial charge in [-0.3, -0.25) is 9.69 Å². The summed E-state index contributed by atoms with van der Waals surface area (Å²) in [6.07, 6.45) is 0. The fourth-order valence-electron chi connectivity index (χ4n) is 3.59. The average Bonchev–Trinajstić information content (AvgIpc) is 2.62. The van der Waals surface area contributed by atoms with Gasteiger partial charge in [0.05, 0.1) is 25.2 Å². The minimum Gasteiger partial charge on any atom is -0.378 e. The van der Waals surface area contributed by atoms with Crippen LogP contribution in [0.5, 0.6) is 0 Å². The number of ether oxygens (including phenoxy) is 1. The zero-order valence-electron chi connectivity index (χ0n) is 13.1. The Morgan fingerprint density at radius 2 is 2.22 bits per heavy atom. The van der Waals surface area contributed by atoms with E-state index >= 15 is 0 Å². The van der Waals surface area contributed by atoms with Crippen molar-refractivity contribution in [2.45, 2.75) is 19.5 Å². The van der Waals surface area contributed by atoms with E-state index in [2.05, 4.69) is 22.1 Å². The van der Waals surface area contributed by atoms with E-state index in [1.807, 2.05) is 18.2 Å². The molecule has 1 aromatic carbocycles. The lowest BCUT2D eigenvalue weighted by Crippen LogP contribution is -2.41. The number of amides is 1. The molecular weight excluding hydrogens is 314 g/mol. The Hall–Kier alpha value is -1.56. The van der Waals surface area contributed by atoms with Gasteiger partial charge in [-0.15, -0.1) is 0 Å². The van der Waals surface area contributed by atoms with Crippen LogP contribution >= 0.6 is 11.6 Å². The van der Waals surface area contributed by atoms with Crippen molar-refractivity contribution in [3.8, 4) is 0 Å². The second-order valence-corrected chi connectivity index (χ2v) is 6.99. The Kier molecular flexibility index (Phi) is 3.79. The number of carbonyl (C=O) groups is 1. The molecule has 0 unspecified atom stereocenters. The van der Waals surface area contributed by atoms with Crippen molar-refractivity contribution in [1.29, 1.82) is 0 Å². The highest BCUT2D eigenvalue weighted by Gasteiger charge is 2.33. The van der Waals surface area contributed by atoms with Gasteiger partial charge in [0.15, 0.2) is 0 Å². The Balaban J connectivity index is 1.60. The van der Waals surface area contributed by atoms with Crippen LogP contribution in [0.1, 0.15) is 11.3 Å². The number of rotatable bonds is 2. The molecule has 1 amide bonds. The zero-order chi connectivity index (χ0) is 16.0. The van der Waals surface area contributed by atoms with Crippen molar-refractivity contribution in [3.05, 3.63) is 34.5 Å². The SMILES string of the molecule is Cc1c(CN2C[C@H]3COC[C@@H](C2)C(=O)N3)[nH]c2ccc(Cl)cc12. The molecule has 5 nitrogen and oxygen atoms in total. The maximum atomic E-state index is 12.1. The molecule has 2 saturated heterocycles. The molecule has 0 spiro atoms. The van der Waals surface area contributed by atoms with Crippen molar-refractivity contribution >= 4 is 28.4 Å². The number of benzene rings is 1. The summed E-state index contributed by atoms with van der Waals surface area (Å²) in [5.41, 5.74) is 3.53. The lowest BCUT2D eigenvalue weighted by atomic mass is 10.1. The highest BCUT2D eigenvalue weighted by atomic mass is 35.5. The fraction of sp³-hybridized carbons (Fsp3) is 0.471. The van der Waals surface area contributed by atoms with E-state index < -0.39 is 0 Å². The number of carbonyl (C=O) groups excluding carboxylic acids is 1. The molecule has 4 rings (SSSR count). The van der Waals surface area contributed by atoms with Crippen molar-refractivity contribution in [2.75, 3.05) is 26.3 Å². The van der Waals surface area contributed by atoms with E-state index in [1.165, 1.54) is 16.6 Å². The monoisotopic (exact) mass is 333 g/mol. The Morgan fingerprint density at radius 3 is 3.09 bits per heavy atom. The second-order valence-electron chi connectivity index (χ2n) is 6.55. The summed E-state index contributed by atoms with van der Waals surface area (Å²) in [6, 6.07) is 6.00. The molecule has 122 valence electrons. The molecule has 0 radical (unpaired) electrons. The van der Waals surface area contributed by atoms with E-state index in [-0.39, 0.29) is 17.9 Å². The number of hydrogen-bond donors (Lipinski definition) is 2. The molecule has 2 aliphatic rings. The minimum atomic E-state index is -0.0818. The summed E-state index contributed by atoms with van der Waals surface area (Å²) in [5, 5.41) is 4.99. The predicted molar refractivity (Wildman–Crippen MR) is 89.6 cm³/mol. The van der Waals surface area contributed by atoms with E-state index in [9.17, 15) is 4.79 Å². The van der Waals surface area contributed by atoms with Crippen LogP contribution in [0.4, 0.5) is 0 Å². The molecule has 6 heteroatoms. The number of hydrogen-bond acceptors (Lipinski definition) is 3. The van der Waals surface area contributed by atoms with Gasteiger partial charge in [0.2, 0.25) is 5.91 Å². The third-order valence-electron chi connectivity index (χ3n) is 4.82. The maximum Gasteiger partial charge on any atom is 0.227 e. The Labute approximate surface area is 139 Å². The van der Waals surface area contributed by atoms with Gasteiger partial charge in [0.1, 0.15) is 0 Å². The number of nitrogens with one attached hydrogen (secondary N) is 2. The highest BCUT2D eigenvalue weighted by Crippen LogP contribution is 2.26. The molecule has 2 atom stereocenters. The largest absolute Gasteiger partial charge is 0.378 e. The molecule has 2 fully saturated rings. The van der Waals surface area contributed by atoms with Crippen LogP contribution in [0.2, 0.25) is 5.02 Å². The molecule has 2 aliphatic heterocycles. The number of aryl methyl sites for hydroxylation is 1. The summed E-state index contributed by atoms with van der Waals surface area (Å²) in [4.78, 5) is 17.9. The van der Waals surface area contributed by atoms with E-state index in [4.69, 9.17) is 16.3 Å². The Bertz CT molecular complexity index is 758. The van der Waals surface area contributed by atoms with E-state index in [0.717, 1.165) is 30.2 Å². The standard InChI is InChI=1S/C17H20ClN3O2/c1-10-14-4-12(18)2-3-15(14)20-16(10)7-21-5-11-8-23-9-13(6-21)19-17(11)22/h2-4,11,13,20H,5-9H2,1H3,(H,19,22)/t11-,13+/m1/s1. The summed E-state index contributed by atoms with van der Waals surface area (Å²) < 4.78 is 5.58. The van der Waals surface area contributed by atoms with E-state index in [0.29, 0.717) is 13.2 Å². The number of fused-ring (bicyclic) bond motifs is 4. The zero-order valence-corrected chi connectivity index (χ0v) is 13.8. The first-order valence-electron chi connectivity index (χ1n) is 7.97. The lowest BCUT2D eigenvalue weighted by Gasteiger charge is -2.27. The second kappa shape index (κ2) is 5.82. The van der Waals surface area contributed by atoms with Crippen LogP contribution in [-0.4, -0.2) is 48.1 Å². The molecule has 2 bridgehead atoms. The van der Waals surface area contributed by atoms with Crippen molar-refractivity contribution in [2.24, 2.45) is 5.92 Å². The van der Waals surface area contributed by atoms with Crippen molar-refractivity contribution in [1.82, 2.24) is 15.2 Å². The molecule has 1 aromatic heterocycles. The smallest absolute Gasteiger partial charge is 0.227 e. The quantitative estimate of drug-likeness (QED) is 0.884. The molecular formula is C17H20ClN3O2. The number of aromatic nitrogens is 1. The summed E-state index contributed by atoms with van der Waals surface area (Å²) in [5.74, 6) is 0.0387. The van der Waals surface area contributed by atoms with E-state index in [1.54, 1.807) is 0 Å². The molecule has 23 heavy (non-hydrogen) atoms. The fourth-order valence-corrected chi connectivity index (χ4v) is 3.76. The average molecular weight is 334 g/mol. The van der Waals surface area contributed by atoms with Gasteiger partial charge in [-0.25, -0.2) is 0 Å². The highest BCUT2D eigenvalue weighted by molar-refractivity contribution is 6.31. The summed E-state index contributed by atoms with van der Waals surface area (Å²) >= 11 is 6.11. The predicted octanol–water partition coefficient (Wildman–Crippen LogP) is 2.08. The Morgan fingerprint density at radius 1 is 1.35 bits per heavy atom. The van der Waals surface area contributed by atoms with Gasteiger partial charge in [-0.1, -0.05) is 11.6 Å². The first-order chi connectivity index (χ1) is 11.1. The minimum absolute atomic E-state index is 0.0779. The third kappa shape index (κ3) is 2.84. The van der Waals surface area contributed by atoms with Gasteiger partial charge in [-0.05, 0) is 30.7 Å². The van der Waals surface area contributed by atoms with Crippen molar-refractivity contribution in [3.63, 3.8) is 0 Å². The third-order valence-corrected chi connectivity index (χ3v) is 5.05. The van der Waals surface area contributed by atoms with Crippen LogP contribution in [0.3, 0.4) is 0 Å². The normalized spacial score (nSPS) is 25.4. The van der Waals surface area contributed by atoms with Crippen LogP contribution in [-0.2, 0) is 16.1 Å². The number of aromatic amines is 1. The van der Waals surface area contributed by atoms with Gasteiger partial charge >= 0.3 is 0 Å².